The Morgan fingerprint density at radius 1 is 1.22 bits per heavy atom. The molecular weight excluding hydrogens is 226 g/mol. The van der Waals surface area contributed by atoms with Crippen molar-refractivity contribution in [2.75, 3.05) is 21.2 Å². The Labute approximate surface area is 113 Å². The van der Waals surface area contributed by atoms with Crippen molar-refractivity contribution < 1.29 is 4.74 Å². The summed E-state index contributed by atoms with van der Waals surface area (Å²) >= 11 is 0. The van der Waals surface area contributed by atoms with Gasteiger partial charge in [0.15, 0.2) is 0 Å². The van der Waals surface area contributed by atoms with Crippen molar-refractivity contribution in [3.8, 4) is 0 Å². The van der Waals surface area contributed by atoms with Crippen molar-refractivity contribution in [3.63, 3.8) is 0 Å². The van der Waals surface area contributed by atoms with Crippen molar-refractivity contribution in [1.29, 1.82) is 0 Å². The summed E-state index contributed by atoms with van der Waals surface area (Å²) in [7, 11) is 6.04. The summed E-state index contributed by atoms with van der Waals surface area (Å²) in [5.41, 5.74) is 3.05. The molecule has 0 aromatic carbocycles. The SMILES string of the molecule is CCC(CC)(C(CCC(C)(C)OC)NN)N(C)C. The first-order chi connectivity index (χ1) is 8.29. The molecule has 3 N–H and O–H groups in total. The molecule has 0 aromatic rings. The highest BCUT2D eigenvalue weighted by Crippen LogP contribution is 2.30. The van der Waals surface area contributed by atoms with Crippen molar-refractivity contribution in [3.05, 3.63) is 0 Å². The highest BCUT2D eigenvalue weighted by atomic mass is 16.5. The molecule has 0 heterocycles. The van der Waals surface area contributed by atoms with Crippen LogP contribution in [0.15, 0.2) is 0 Å². The molecule has 0 rings (SSSR count). The lowest BCUT2D eigenvalue weighted by atomic mass is 9.80. The first-order valence-corrected chi connectivity index (χ1v) is 6.98. The Bertz CT molecular complexity index is 225. The van der Waals surface area contributed by atoms with Crippen LogP contribution < -0.4 is 11.3 Å². The first kappa shape index (κ1) is 17.8. The maximum atomic E-state index is 5.80. The molecule has 0 aromatic heterocycles. The van der Waals surface area contributed by atoms with Crippen molar-refractivity contribution in [2.24, 2.45) is 5.84 Å². The fourth-order valence-corrected chi connectivity index (χ4v) is 2.79. The van der Waals surface area contributed by atoms with Crippen LogP contribution in [-0.2, 0) is 4.74 Å². The second-order valence-electron chi connectivity index (χ2n) is 5.93. The molecular formula is C14H33N3O. The normalized spacial score (nSPS) is 15.2. The predicted octanol–water partition coefficient (Wildman–Crippen LogP) is 2.14. The summed E-state index contributed by atoms with van der Waals surface area (Å²) in [6.07, 6.45) is 4.17. The first-order valence-electron chi connectivity index (χ1n) is 6.98. The Balaban J connectivity index is 4.83. The molecule has 4 nitrogen and oxygen atoms in total. The molecule has 4 heteroatoms. The number of hydrogen-bond donors (Lipinski definition) is 2. The fourth-order valence-electron chi connectivity index (χ4n) is 2.79. The maximum Gasteiger partial charge on any atom is 0.0623 e. The van der Waals surface area contributed by atoms with E-state index in [-0.39, 0.29) is 17.2 Å². The van der Waals surface area contributed by atoms with Crippen LogP contribution in [0.3, 0.4) is 0 Å². The third kappa shape index (κ3) is 4.19. The molecule has 0 bridgehead atoms. The zero-order valence-corrected chi connectivity index (χ0v) is 13.3. The lowest BCUT2D eigenvalue weighted by molar-refractivity contribution is 0.00222. The van der Waals surface area contributed by atoms with Crippen molar-refractivity contribution in [1.82, 2.24) is 10.3 Å². The van der Waals surface area contributed by atoms with Gasteiger partial charge in [-0.1, -0.05) is 13.8 Å². The topological polar surface area (TPSA) is 50.5 Å². The molecule has 0 saturated heterocycles. The second-order valence-corrected chi connectivity index (χ2v) is 5.93. The van der Waals surface area contributed by atoms with Gasteiger partial charge in [-0.2, -0.15) is 0 Å². The minimum absolute atomic E-state index is 0.0887. The lowest BCUT2D eigenvalue weighted by Crippen LogP contribution is -2.60. The molecule has 0 amide bonds. The number of nitrogens with zero attached hydrogens (tertiary/aromatic N) is 1. The highest BCUT2D eigenvalue weighted by molar-refractivity contribution is 4.96. The molecule has 0 saturated carbocycles. The average Bonchev–Trinajstić information content (AvgIpc) is 2.34. The number of hydrogen-bond acceptors (Lipinski definition) is 4. The zero-order valence-electron chi connectivity index (χ0n) is 13.3. The average molecular weight is 259 g/mol. The van der Waals surface area contributed by atoms with E-state index in [1.54, 1.807) is 7.11 Å². The standard InChI is InChI=1S/C14H33N3O/c1-8-14(9-2,17(5)6)12(16-15)10-11-13(3,4)18-7/h12,16H,8-11,15H2,1-7H3. The van der Waals surface area contributed by atoms with Crippen LogP contribution in [0.4, 0.5) is 0 Å². The summed E-state index contributed by atoms with van der Waals surface area (Å²) in [6.45, 7) is 8.70. The van der Waals surface area contributed by atoms with E-state index < -0.39 is 0 Å². The molecule has 0 radical (unpaired) electrons. The van der Waals surface area contributed by atoms with Crippen LogP contribution in [0.5, 0.6) is 0 Å². The summed E-state index contributed by atoms with van der Waals surface area (Å²) in [4.78, 5) is 2.30. The summed E-state index contributed by atoms with van der Waals surface area (Å²) < 4.78 is 5.49. The number of nitrogens with two attached hydrogens (primary N) is 1. The van der Waals surface area contributed by atoms with Gasteiger partial charge in [0.1, 0.15) is 0 Å². The van der Waals surface area contributed by atoms with Crippen molar-refractivity contribution >= 4 is 0 Å². The molecule has 0 aliphatic carbocycles. The largest absolute Gasteiger partial charge is 0.379 e. The van der Waals surface area contributed by atoms with Gasteiger partial charge in [0.2, 0.25) is 0 Å². The van der Waals surface area contributed by atoms with Crippen LogP contribution in [0, 0.1) is 0 Å². The summed E-state index contributed by atoms with van der Waals surface area (Å²) in [6, 6.07) is 0.275. The van der Waals surface area contributed by atoms with E-state index in [1.807, 2.05) is 0 Å². The Morgan fingerprint density at radius 2 is 1.72 bits per heavy atom. The number of nitrogens with one attached hydrogen (secondary N) is 1. The van der Waals surface area contributed by atoms with Gasteiger partial charge in [-0.25, -0.2) is 0 Å². The van der Waals surface area contributed by atoms with E-state index in [2.05, 4.69) is 52.1 Å². The van der Waals surface area contributed by atoms with Crippen LogP contribution in [-0.4, -0.2) is 43.3 Å². The van der Waals surface area contributed by atoms with E-state index >= 15 is 0 Å². The van der Waals surface area contributed by atoms with Gasteiger partial charge in [-0.3, -0.25) is 11.3 Å². The van der Waals surface area contributed by atoms with Gasteiger partial charge < -0.3 is 9.64 Å². The smallest absolute Gasteiger partial charge is 0.0623 e. The van der Waals surface area contributed by atoms with E-state index in [1.165, 1.54) is 0 Å². The molecule has 0 aliphatic heterocycles. The third-order valence-electron chi connectivity index (χ3n) is 4.55. The number of likely N-dealkylation sites (N-methyl/N-ethyl adjacent to an activating group) is 1. The molecule has 0 spiro atoms. The predicted molar refractivity (Wildman–Crippen MR) is 78.4 cm³/mol. The second kappa shape index (κ2) is 7.43. The van der Waals surface area contributed by atoms with E-state index in [9.17, 15) is 0 Å². The van der Waals surface area contributed by atoms with E-state index in [0.29, 0.717) is 0 Å². The summed E-state index contributed by atoms with van der Waals surface area (Å²) in [5, 5.41) is 0. The molecule has 1 unspecified atom stereocenters. The Hall–Kier alpha value is -0.160. The lowest BCUT2D eigenvalue weighted by Gasteiger charge is -2.45. The van der Waals surface area contributed by atoms with Crippen molar-refractivity contribution in [2.45, 2.75) is 70.6 Å². The highest BCUT2D eigenvalue weighted by Gasteiger charge is 2.37. The Kier molecular flexibility index (Phi) is 7.37. The minimum Gasteiger partial charge on any atom is -0.379 e. The van der Waals surface area contributed by atoms with E-state index in [0.717, 1.165) is 25.7 Å². The van der Waals surface area contributed by atoms with Gasteiger partial charge in [0.25, 0.3) is 0 Å². The Morgan fingerprint density at radius 3 is 2.00 bits per heavy atom. The molecule has 18 heavy (non-hydrogen) atoms. The fraction of sp³-hybridized carbons (Fsp3) is 1.00. The molecule has 110 valence electrons. The van der Waals surface area contributed by atoms with Gasteiger partial charge in [0.05, 0.1) is 5.60 Å². The zero-order chi connectivity index (χ0) is 14.4. The van der Waals surface area contributed by atoms with Crippen LogP contribution in [0.25, 0.3) is 0 Å². The van der Waals surface area contributed by atoms with Gasteiger partial charge in [0, 0.05) is 18.7 Å². The number of ether oxygens (including phenoxy) is 1. The minimum atomic E-state index is -0.0887. The molecule has 1 atom stereocenters. The van der Waals surface area contributed by atoms with Crippen LogP contribution >= 0.6 is 0 Å². The van der Waals surface area contributed by atoms with Gasteiger partial charge >= 0.3 is 0 Å². The number of hydrazine groups is 1. The summed E-state index contributed by atoms with van der Waals surface area (Å²) in [5.74, 6) is 5.80. The quantitative estimate of drug-likeness (QED) is 0.492. The number of methoxy groups -OCH3 is 1. The number of rotatable bonds is 9. The maximum absolute atomic E-state index is 5.80. The van der Waals surface area contributed by atoms with Gasteiger partial charge in [-0.05, 0) is 53.6 Å². The third-order valence-corrected chi connectivity index (χ3v) is 4.55. The monoisotopic (exact) mass is 259 g/mol. The van der Waals surface area contributed by atoms with Crippen LogP contribution in [0.1, 0.15) is 53.4 Å². The van der Waals surface area contributed by atoms with E-state index in [4.69, 9.17) is 10.6 Å². The molecule has 0 aliphatic rings. The van der Waals surface area contributed by atoms with Crippen LogP contribution in [0.2, 0.25) is 0 Å². The van der Waals surface area contributed by atoms with Gasteiger partial charge in [-0.15, -0.1) is 0 Å². The molecule has 0 fully saturated rings.